The molecule has 5 heteroatoms. The Balaban J connectivity index is 2.09. The van der Waals surface area contributed by atoms with Crippen LogP contribution in [0.2, 0.25) is 10.0 Å². The predicted octanol–water partition coefficient (Wildman–Crippen LogP) is 5.26. The van der Waals surface area contributed by atoms with Gasteiger partial charge in [-0.15, -0.1) is 0 Å². The number of hydrogen-bond acceptors (Lipinski definition) is 3. The summed E-state index contributed by atoms with van der Waals surface area (Å²) < 4.78 is 0. The van der Waals surface area contributed by atoms with Crippen molar-refractivity contribution in [3.8, 4) is 0 Å². The van der Waals surface area contributed by atoms with E-state index in [0.29, 0.717) is 27.7 Å². The lowest BCUT2D eigenvalue weighted by Crippen LogP contribution is -2.10. The van der Waals surface area contributed by atoms with Gasteiger partial charge >= 0.3 is 0 Å². The maximum Gasteiger partial charge on any atom is 0.208 e. The topological polar surface area (TPSA) is 41.8 Å². The van der Waals surface area contributed by atoms with Crippen LogP contribution in [0.15, 0.2) is 58.7 Å². The van der Waals surface area contributed by atoms with Crippen LogP contribution in [0.1, 0.15) is 29.8 Å². The molecule has 0 aliphatic heterocycles. The van der Waals surface area contributed by atoms with Gasteiger partial charge in [-0.25, -0.2) is 0 Å². The molecule has 23 heavy (non-hydrogen) atoms. The van der Waals surface area contributed by atoms with E-state index in [4.69, 9.17) is 23.2 Å². The van der Waals surface area contributed by atoms with Gasteiger partial charge in [0.05, 0.1) is 0 Å². The number of rotatable bonds is 5. The van der Waals surface area contributed by atoms with Crippen LogP contribution in [0.4, 0.5) is 0 Å². The molecule has 0 saturated carbocycles. The number of halogens is 2. The molecule has 0 aliphatic rings. The molecular formula is C18H16Cl2N2O. The van der Waals surface area contributed by atoms with Gasteiger partial charge in [-0.2, -0.15) is 10.2 Å². The lowest BCUT2D eigenvalue weighted by atomic mass is 10.1. The Morgan fingerprint density at radius 1 is 0.957 bits per heavy atom. The molecule has 3 nitrogen and oxygen atoms in total. The molecule has 0 saturated heterocycles. The Kier molecular flexibility index (Phi) is 6.08. The molecular weight excluding hydrogens is 331 g/mol. The van der Waals surface area contributed by atoms with Crippen molar-refractivity contribution in [3.05, 3.63) is 69.7 Å². The molecule has 0 aromatic heterocycles. The van der Waals surface area contributed by atoms with Crippen LogP contribution in [0, 0.1) is 0 Å². The highest BCUT2D eigenvalue weighted by molar-refractivity contribution is 6.45. The SMILES string of the molecule is CC(Cc1ccccc1Cl)=NN=C(C)C(=O)c1ccc(Cl)cc1. The number of hydrogen-bond donors (Lipinski definition) is 0. The first kappa shape index (κ1) is 17.4. The first-order valence-electron chi connectivity index (χ1n) is 7.09. The van der Waals surface area contributed by atoms with Crippen LogP contribution in [-0.2, 0) is 6.42 Å². The summed E-state index contributed by atoms with van der Waals surface area (Å²) in [5, 5.41) is 9.43. The fourth-order valence-corrected chi connectivity index (χ4v) is 2.30. The molecule has 0 radical (unpaired) electrons. The second-order valence-electron chi connectivity index (χ2n) is 5.12. The van der Waals surface area contributed by atoms with Gasteiger partial charge in [0, 0.05) is 27.7 Å². The highest BCUT2D eigenvalue weighted by Gasteiger charge is 2.09. The normalized spacial score (nSPS) is 12.3. The average molecular weight is 347 g/mol. The van der Waals surface area contributed by atoms with E-state index in [1.54, 1.807) is 31.2 Å². The molecule has 0 amide bonds. The number of Topliss-reactive ketones (excluding diaryl/α,β-unsaturated/α-hetero) is 1. The maximum absolute atomic E-state index is 12.2. The monoisotopic (exact) mass is 346 g/mol. The molecule has 0 spiro atoms. The molecule has 0 atom stereocenters. The molecule has 118 valence electrons. The molecule has 0 N–H and O–H groups in total. The summed E-state index contributed by atoms with van der Waals surface area (Å²) in [6, 6.07) is 14.3. The number of carbonyl (C=O) groups excluding carboxylic acids is 1. The Hall–Kier alpha value is -1.97. The van der Waals surface area contributed by atoms with E-state index in [1.165, 1.54) is 0 Å². The quantitative estimate of drug-likeness (QED) is 0.413. The van der Waals surface area contributed by atoms with Gasteiger partial charge in [-0.1, -0.05) is 41.4 Å². The largest absolute Gasteiger partial charge is 0.287 e. The van der Waals surface area contributed by atoms with Crippen molar-refractivity contribution in [1.82, 2.24) is 0 Å². The van der Waals surface area contributed by atoms with Crippen molar-refractivity contribution >= 4 is 40.4 Å². The lowest BCUT2D eigenvalue weighted by Gasteiger charge is -2.03. The summed E-state index contributed by atoms with van der Waals surface area (Å²) in [5.41, 5.74) is 2.62. The third-order valence-electron chi connectivity index (χ3n) is 3.21. The molecule has 0 heterocycles. The van der Waals surface area contributed by atoms with Crippen molar-refractivity contribution in [2.45, 2.75) is 20.3 Å². The Morgan fingerprint density at radius 3 is 2.26 bits per heavy atom. The Morgan fingerprint density at radius 2 is 1.61 bits per heavy atom. The zero-order valence-electron chi connectivity index (χ0n) is 12.9. The minimum atomic E-state index is -0.170. The van der Waals surface area contributed by atoms with Gasteiger partial charge in [-0.05, 0) is 49.7 Å². The molecule has 2 aromatic carbocycles. The second kappa shape index (κ2) is 8.04. The van der Waals surface area contributed by atoms with Crippen molar-refractivity contribution in [2.24, 2.45) is 10.2 Å². The van der Waals surface area contributed by atoms with Crippen LogP contribution in [-0.4, -0.2) is 17.2 Å². The number of benzene rings is 2. The van der Waals surface area contributed by atoms with E-state index in [-0.39, 0.29) is 5.78 Å². The van der Waals surface area contributed by atoms with E-state index < -0.39 is 0 Å². The fraction of sp³-hybridized carbons (Fsp3) is 0.167. The fourth-order valence-electron chi connectivity index (χ4n) is 1.97. The molecule has 2 rings (SSSR count). The lowest BCUT2D eigenvalue weighted by molar-refractivity contribution is 0.106. The molecule has 0 fully saturated rings. The highest BCUT2D eigenvalue weighted by Crippen LogP contribution is 2.16. The van der Waals surface area contributed by atoms with Crippen LogP contribution in [0.3, 0.4) is 0 Å². The van der Waals surface area contributed by atoms with Gasteiger partial charge in [-0.3, -0.25) is 4.79 Å². The highest BCUT2D eigenvalue weighted by atomic mass is 35.5. The molecule has 0 unspecified atom stereocenters. The van der Waals surface area contributed by atoms with E-state index >= 15 is 0 Å². The average Bonchev–Trinajstić information content (AvgIpc) is 2.55. The first-order chi connectivity index (χ1) is 11.0. The number of ketones is 1. The van der Waals surface area contributed by atoms with Gasteiger partial charge in [0.15, 0.2) is 0 Å². The zero-order valence-corrected chi connectivity index (χ0v) is 14.4. The molecule has 0 bridgehead atoms. The minimum Gasteiger partial charge on any atom is -0.287 e. The summed E-state index contributed by atoms with van der Waals surface area (Å²) in [4.78, 5) is 12.2. The second-order valence-corrected chi connectivity index (χ2v) is 5.97. The molecule has 0 aliphatic carbocycles. The molecule has 2 aromatic rings. The zero-order chi connectivity index (χ0) is 16.8. The smallest absolute Gasteiger partial charge is 0.208 e. The minimum absolute atomic E-state index is 0.170. The van der Waals surface area contributed by atoms with Crippen molar-refractivity contribution in [2.75, 3.05) is 0 Å². The maximum atomic E-state index is 12.2. The number of carbonyl (C=O) groups is 1. The summed E-state index contributed by atoms with van der Waals surface area (Å²) in [6.45, 7) is 3.50. The van der Waals surface area contributed by atoms with Gasteiger partial charge in [0.2, 0.25) is 5.78 Å². The van der Waals surface area contributed by atoms with Crippen LogP contribution >= 0.6 is 23.2 Å². The van der Waals surface area contributed by atoms with Crippen LogP contribution < -0.4 is 0 Å². The van der Waals surface area contributed by atoms with E-state index in [0.717, 1.165) is 11.3 Å². The summed E-state index contributed by atoms with van der Waals surface area (Å²) >= 11 is 11.9. The van der Waals surface area contributed by atoms with E-state index in [9.17, 15) is 4.79 Å². The number of nitrogens with zero attached hydrogens (tertiary/aromatic N) is 2. The van der Waals surface area contributed by atoms with Gasteiger partial charge < -0.3 is 0 Å². The van der Waals surface area contributed by atoms with Crippen LogP contribution in [0.25, 0.3) is 0 Å². The van der Waals surface area contributed by atoms with E-state index in [2.05, 4.69) is 10.2 Å². The Labute approximate surface area is 145 Å². The summed E-state index contributed by atoms with van der Waals surface area (Å²) in [6.07, 6.45) is 0.589. The van der Waals surface area contributed by atoms with Crippen molar-refractivity contribution in [1.29, 1.82) is 0 Å². The van der Waals surface area contributed by atoms with Gasteiger partial charge in [0.25, 0.3) is 0 Å². The third-order valence-corrected chi connectivity index (χ3v) is 3.83. The first-order valence-corrected chi connectivity index (χ1v) is 7.84. The van der Waals surface area contributed by atoms with E-state index in [1.807, 2.05) is 31.2 Å². The summed E-state index contributed by atoms with van der Waals surface area (Å²) in [7, 11) is 0. The Bertz CT molecular complexity index is 765. The predicted molar refractivity (Wildman–Crippen MR) is 97.2 cm³/mol. The van der Waals surface area contributed by atoms with Crippen LogP contribution in [0.5, 0.6) is 0 Å². The van der Waals surface area contributed by atoms with Crippen molar-refractivity contribution < 1.29 is 4.79 Å². The van der Waals surface area contributed by atoms with Gasteiger partial charge in [0.1, 0.15) is 5.71 Å². The third kappa shape index (κ3) is 5.02. The summed E-state index contributed by atoms with van der Waals surface area (Å²) in [5.74, 6) is -0.170. The standard InChI is InChI=1S/C18H16Cl2N2O/c1-12(11-15-5-3-4-6-17(15)20)21-22-13(2)18(23)14-7-9-16(19)10-8-14/h3-10H,11H2,1-2H3. The van der Waals surface area contributed by atoms with Crippen molar-refractivity contribution in [3.63, 3.8) is 0 Å².